The third kappa shape index (κ3) is 3.10. The minimum Gasteiger partial charge on any atom is -0.365 e. The number of rotatable bonds is 5. The Labute approximate surface area is 150 Å². The fraction of sp³-hybridized carbons (Fsp3) is 0.100. The number of nitriles is 1. The van der Waals surface area contributed by atoms with Crippen LogP contribution in [0, 0.1) is 11.3 Å². The molecule has 0 atom stereocenters. The lowest BCUT2D eigenvalue weighted by Gasteiger charge is -2.13. The Bertz CT molecular complexity index is 1060. The highest BCUT2D eigenvalue weighted by atomic mass is 15.3. The van der Waals surface area contributed by atoms with Crippen molar-refractivity contribution in [2.75, 3.05) is 5.32 Å². The SMILES string of the molecule is N#Cc1c(Cc2ccccc2)nc2ccnn2c1NCc1ccncc1. The van der Waals surface area contributed by atoms with Gasteiger partial charge in [0.15, 0.2) is 5.65 Å². The van der Waals surface area contributed by atoms with Crippen molar-refractivity contribution >= 4 is 11.5 Å². The Morgan fingerprint density at radius 2 is 1.77 bits per heavy atom. The number of hydrogen-bond acceptors (Lipinski definition) is 5. The van der Waals surface area contributed by atoms with Gasteiger partial charge in [-0.2, -0.15) is 14.9 Å². The van der Waals surface area contributed by atoms with Crippen molar-refractivity contribution < 1.29 is 0 Å². The van der Waals surface area contributed by atoms with E-state index in [1.54, 1.807) is 23.1 Å². The minimum atomic E-state index is 0.513. The first-order valence-electron chi connectivity index (χ1n) is 8.28. The molecule has 1 aromatic carbocycles. The van der Waals surface area contributed by atoms with Gasteiger partial charge in [-0.3, -0.25) is 4.98 Å². The predicted octanol–water partition coefficient (Wildman–Crippen LogP) is 3.20. The summed E-state index contributed by atoms with van der Waals surface area (Å²) >= 11 is 0. The minimum absolute atomic E-state index is 0.513. The molecule has 0 radical (unpaired) electrons. The van der Waals surface area contributed by atoms with Gasteiger partial charge in [0.2, 0.25) is 0 Å². The van der Waals surface area contributed by atoms with Gasteiger partial charge in [-0.15, -0.1) is 0 Å². The van der Waals surface area contributed by atoms with Crippen LogP contribution in [0.4, 0.5) is 5.82 Å². The smallest absolute Gasteiger partial charge is 0.157 e. The third-order valence-corrected chi connectivity index (χ3v) is 4.14. The molecule has 0 aliphatic rings. The zero-order valence-corrected chi connectivity index (χ0v) is 14.0. The highest BCUT2D eigenvalue weighted by Crippen LogP contribution is 2.22. The van der Waals surface area contributed by atoms with Crippen LogP contribution in [-0.4, -0.2) is 19.6 Å². The summed E-state index contributed by atoms with van der Waals surface area (Å²) < 4.78 is 1.67. The second-order valence-corrected chi connectivity index (χ2v) is 5.87. The number of fused-ring (bicyclic) bond motifs is 1. The monoisotopic (exact) mass is 340 g/mol. The topological polar surface area (TPSA) is 78.9 Å². The molecule has 6 heteroatoms. The predicted molar refractivity (Wildman–Crippen MR) is 98.5 cm³/mol. The maximum absolute atomic E-state index is 9.79. The highest BCUT2D eigenvalue weighted by Gasteiger charge is 2.16. The fourth-order valence-corrected chi connectivity index (χ4v) is 2.87. The number of aromatic nitrogens is 4. The van der Waals surface area contributed by atoms with Gasteiger partial charge >= 0.3 is 0 Å². The van der Waals surface area contributed by atoms with Gasteiger partial charge in [-0.1, -0.05) is 30.3 Å². The quantitative estimate of drug-likeness (QED) is 0.603. The lowest BCUT2D eigenvalue weighted by atomic mass is 10.1. The van der Waals surface area contributed by atoms with E-state index >= 15 is 0 Å². The molecule has 3 heterocycles. The van der Waals surface area contributed by atoms with Crippen LogP contribution in [-0.2, 0) is 13.0 Å². The van der Waals surface area contributed by atoms with Gasteiger partial charge in [0.25, 0.3) is 0 Å². The average Bonchev–Trinajstić information content (AvgIpc) is 3.15. The van der Waals surface area contributed by atoms with Crippen molar-refractivity contribution in [3.05, 3.63) is 89.5 Å². The molecule has 6 nitrogen and oxygen atoms in total. The fourth-order valence-electron chi connectivity index (χ4n) is 2.87. The van der Waals surface area contributed by atoms with Crippen molar-refractivity contribution in [1.82, 2.24) is 19.6 Å². The van der Waals surface area contributed by atoms with Gasteiger partial charge < -0.3 is 5.32 Å². The van der Waals surface area contributed by atoms with Crippen molar-refractivity contribution in [1.29, 1.82) is 5.26 Å². The van der Waals surface area contributed by atoms with Gasteiger partial charge in [-0.05, 0) is 23.3 Å². The number of anilines is 1. The summed E-state index contributed by atoms with van der Waals surface area (Å²) in [5.41, 5.74) is 4.15. The van der Waals surface area contributed by atoms with Crippen LogP contribution in [0.3, 0.4) is 0 Å². The lowest BCUT2D eigenvalue weighted by molar-refractivity contribution is 0.901. The van der Waals surface area contributed by atoms with E-state index in [4.69, 9.17) is 0 Å². The number of pyridine rings is 1. The molecule has 3 aromatic heterocycles. The van der Waals surface area contributed by atoms with Crippen molar-refractivity contribution in [3.63, 3.8) is 0 Å². The van der Waals surface area contributed by atoms with Gasteiger partial charge in [0.1, 0.15) is 17.5 Å². The zero-order chi connectivity index (χ0) is 17.8. The molecule has 0 unspecified atom stereocenters. The van der Waals surface area contributed by atoms with Crippen LogP contribution in [0.25, 0.3) is 5.65 Å². The Kier molecular flexibility index (Phi) is 4.27. The molecular weight excluding hydrogens is 324 g/mol. The molecule has 0 aliphatic carbocycles. The van der Waals surface area contributed by atoms with E-state index in [1.165, 1.54) is 0 Å². The molecule has 0 fully saturated rings. The van der Waals surface area contributed by atoms with Crippen molar-refractivity contribution in [2.24, 2.45) is 0 Å². The van der Waals surface area contributed by atoms with Crippen LogP contribution in [0.1, 0.15) is 22.4 Å². The highest BCUT2D eigenvalue weighted by molar-refractivity contribution is 5.61. The summed E-state index contributed by atoms with van der Waals surface area (Å²) in [6.07, 6.45) is 5.78. The van der Waals surface area contributed by atoms with E-state index in [2.05, 4.69) is 26.5 Å². The number of nitrogens with one attached hydrogen (secondary N) is 1. The molecular formula is C20H16N6. The normalized spacial score (nSPS) is 10.6. The van der Waals surface area contributed by atoms with E-state index < -0.39 is 0 Å². The second-order valence-electron chi connectivity index (χ2n) is 5.87. The molecule has 4 aromatic rings. The molecule has 0 saturated carbocycles. The van der Waals surface area contributed by atoms with Crippen molar-refractivity contribution in [2.45, 2.75) is 13.0 Å². The average molecular weight is 340 g/mol. The summed E-state index contributed by atoms with van der Waals surface area (Å²) in [7, 11) is 0. The molecule has 4 rings (SSSR count). The summed E-state index contributed by atoms with van der Waals surface area (Å²) in [4.78, 5) is 8.67. The van der Waals surface area contributed by atoms with Gasteiger partial charge in [0.05, 0.1) is 11.9 Å². The number of hydrogen-bond donors (Lipinski definition) is 1. The standard InChI is InChI=1S/C20H16N6/c21-13-17-18(12-15-4-2-1-3-5-15)25-19-8-11-24-26(19)20(17)23-14-16-6-9-22-10-7-16/h1-11,23H,12,14H2. The molecule has 126 valence electrons. The molecule has 0 bridgehead atoms. The summed E-state index contributed by atoms with van der Waals surface area (Å²) in [5.74, 6) is 0.658. The molecule has 0 amide bonds. The van der Waals surface area contributed by atoms with E-state index in [0.29, 0.717) is 30.0 Å². The Hall–Kier alpha value is -3.72. The van der Waals surface area contributed by atoms with E-state index in [-0.39, 0.29) is 0 Å². The van der Waals surface area contributed by atoms with Crippen LogP contribution in [0.5, 0.6) is 0 Å². The van der Waals surface area contributed by atoms with Gasteiger partial charge in [-0.25, -0.2) is 4.98 Å². The van der Waals surface area contributed by atoms with E-state index in [0.717, 1.165) is 16.8 Å². The number of nitrogens with zero attached hydrogens (tertiary/aromatic N) is 5. The molecule has 26 heavy (non-hydrogen) atoms. The maximum Gasteiger partial charge on any atom is 0.157 e. The van der Waals surface area contributed by atoms with Crippen LogP contribution in [0.2, 0.25) is 0 Å². The third-order valence-electron chi connectivity index (χ3n) is 4.14. The van der Waals surface area contributed by atoms with Crippen LogP contribution in [0.15, 0.2) is 67.1 Å². The Morgan fingerprint density at radius 3 is 2.54 bits per heavy atom. The summed E-state index contributed by atoms with van der Waals surface area (Å²) in [6.45, 7) is 0.570. The van der Waals surface area contributed by atoms with Crippen molar-refractivity contribution in [3.8, 4) is 6.07 Å². The molecule has 1 N–H and O–H groups in total. The summed E-state index contributed by atoms with van der Waals surface area (Å²) in [6, 6.07) is 18.0. The van der Waals surface area contributed by atoms with E-state index in [9.17, 15) is 5.26 Å². The Morgan fingerprint density at radius 1 is 0.962 bits per heavy atom. The second kappa shape index (κ2) is 7.03. The van der Waals surface area contributed by atoms with Crippen LogP contribution < -0.4 is 5.32 Å². The zero-order valence-electron chi connectivity index (χ0n) is 14.0. The maximum atomic E-state index is 9.79. The number of benzene rings is 1. The first-order valence-corrected chi connectivity index (χ1v) is 8.28. The van der Waals surface area contributed by atoms with E-state index in [1.807, 2.05) is 48.5 Å². The molecule has 0 spiro atoms. The summed E-state index contributed by atoms with van der Waals surface area (Å²) in [5, 5.41) is 17.5. The first-order chi connectivity index (χ1) is 12.8. The molecule has 0 saturated heterocycles. The Balaban J connectivity index is 1.75. The molecule has 0 aliphatic heterocycles. The lowest BCUT2D eigenvalue weighted by Crippen LogP contribution is -2.11. The van der Waals surface area contributed by atoms with Gasteiger partial charge in [0, 0.05) is 31.4 Å². The largest absolute Gasteiger partial charge is 0.365 e. The van der Waals surface area contributed by atoms with Crippen LogP contribution >= 0.6 is 0 Å². The first kappa shape index (κ1) is 15.8.